The number of hydrogen-bond donors (Lipinski definition) is 2. The average molecular weight is 704 g/mol. The average Bonchev–Trinajstić information content (AvgIpc) is 3.60. The molecule has 48 heavy (non-hydrogen) atoms. The second kappa shape index (κ2) is 12.6. The molecule has 2 aromatic carbocycles. The van der Waals surface area contributed by atoms with Crippen molar-refractivity contribution in [3.8, 4) is 22.5 Å². The molecule has 0 bridgehead atoms. The number of esters is 1. The number of fused-ring (bicyclic) bond motifs is 1. The van der Waals surface area contributed by atoms with Crippen LogP contribution >= 0.6 is 0 Å². The van der Waals surface area contributed by atoms with Gasteiger partial charge < -0.3 is 15.5 Å². The summed E-state index contributed by atoms with van der Waals surface area (Å²) in [5, 5.41) is 14.0. The van der Waals surface area contributed by atoms with E-state index in [0.717, 1.165) is 36.4 Å². The van der Waals surface area contributed by atoms with E-state index in [9.17, 15) is 49.1 Å². The monoisotopic (exact) mass is 703 g/mol. The number of nitrogen functional groups attached to an aromatic ring is 1. The number of carbonyl (C=O) groups is 1. The first-order chi connectivity index (χ1) is 22.1. The molecule has 0 fully saturated rings. The molecule has 15 nitrogen and oxygen atoms in total. The van der Waals surface area contributed by atoms with Gasteiger partial charge in [-0.2, -0.15) is 26.3 Å². The predicted octanol–water partition coefficient (Wildman–Crippen LogP) is 2.38. The minimum absolute atomic E-state index is 0.00973. The highest BCUT2D eigenvalue weighted by atomic mass is 32.2. The number of aromatic nitrogens is 8. The van der Waals surface area contributed by atoms with Gasteiger partial charge in [0.05, 0.1) is 58.5 Å². The third-order valence-electron chi connectivity index (χ3n) is 6.67. The Morgan fingerprint density at radius 1 is 0.896 bits per heavy atom. The van der Waals surface area contributed by atoms with Crippen molar-refractivity contribution in [2.45, 2.75) is 18.2 Å². The fourth-order valence-corrected chi connectivity index (χ4v) is 5.22. The number of aryl methyl sites for hydroxylation is 2. The van der Waals surface area contributed by atoms with Gasteiger partial charge in [0.15, 0.2) is 9.84 Å². The molecule has 0 unspecified atom stereocenters. The summed E-state index contributed by atoms with van der Waals surface area (Å²) in [5.74, 6) is -1.72. The lowest BCUT2D eigenvalue weighted by atomic mass is 9.99. The maximum atomic E-state index is 13.5. The zero-order chi connectivity index (χ0) is 35.9. The molecule has 0 radical (unpaired) electrons. The fraction of sp³-hybridized carbons (Fsp3) is 0.269. The number of sulfone groups is 1. The van der Waals surface area contributed by atoms with E-state index in [0.29, 0.717) is 16.7 Å². The molecule has 0 saturated heterocycles. The van der Waals surface area contributed by atoms with Crippen LogP contribution in [0.2, 0.25) is 0 Å². The van der Waals surface area contributed by atoms with Crippen molar-refractivity contribution in [3.05, 3.63) is 74.2 Å². The molecule has 256 valence electrons. The van der Waals surface area contributed by atoms with Gasteiger partial charge in [0.1, 0.15) is 5.88 Å². The number of nitrogens with one attached hydrogen (secondary N) is 1. The minimum Gasteiger partial charge on any atom is -0.465 e. The van der Waals surface area contributed by atoms with Crippen LogP contribution in [0.1, 0.15) is 21.5 Å². The van der Waals surface area contributed by atoms with E-state index < -0.39 is 56.4 Å². The predicted molar refractivity (Wildman–Crippen MR) is 156 cm³/mol. The number of hydrogen-bond acceptors (Lipinski definition) is 11. The van der Waals surface area contributed by atoms with E-state index in [4.69, 9.17) is 5.73 Å². The number of ether oxygens (including phenoxy) is 1. The van der Waals surface area contributed by atoms with Crippen molar-refractivity contribution in [2.24, 2.45) is 14.1 Å². The molecule has 0 saturated carbocycles. The number of methoxy groups -OCH3 is 1. The van der Waals surface area contributed by atoms with Gasteiger partial charge in [0.2, 0.25) is 0 Å². The van der Waals surface area contributed by atoms with Crippen molar-refractivity contribution in [1.82, 2.24) is 39.5 Å². The molecule has 3 aromatic heterocycles. The number of carbonyl (C=O) groups excluding carboxylic acids is 1. The number of anilines is 1. The summed E-state index contributed by atoms with van der Waals surface area (Å²) in [6.07, 6.45) is -6.34. The van der Waals surface area contributed by atoms with Crippen LogP contribution in [0.3, 0.4) is 0 Å². The Morgan fingerprint density at radius 3 is 1.83 bits per heavy atom. The highest BCUT2D eigenvalue weighted by Crippen LogP contribution is 2.40. The van der Waals surface area contributed by atoms with Gasteiger partial charge in [0.25, 0.3) is 5.56 Å². The van der Waals surface area contributed by atoms with Crippen molar-refractivity contribution in [3.63, 3.8) is 0 Å². The van der Waals surface area contributed by atoms with Gasteiger partial charge in [0, 0.05) is 37.2 Å². The quantitative estimate of drug-likeness (QED) is 0.155. The molecule has 3 heterocycles. The van der Waals surface area contributed by atoms with Gasteiger partial charge in [-0.3, -0.25) is 4.79 Å². The molecule has 22 heteroatoms. The summed E-state index contributed by atoms with van der Waals surface area (Å²) in [5.41, 5.74) is -0.0586. The van der Waals surface area contributed by atoms with Crippen LogP contribution in [0.5, 0.6) is 0 Å². The van der Waals surface area contributed by atoms with E-state index in [1.54, 1.807) is 0 Å². The number of nitrogens with two attached hydrogens (primary N) is 1. The standard InChI is InChI=1S/C14H12F3N5O4S.C12H11F3N4O2/c1-21-11(5-18-20-21)7-3-8-10(4-9(7)14(15,16)17)19-13(24)22(12(8)23)6-27(2,25)26;1-19-10(5-17-18-19)6-3-7(11(20)21-2)9(16)4-8(6)12(13,14)15/h3-5H,6H2,1-2H3,(H,19,24);3-5H,16H2,1-2H3. The maximum absolute atomic E-state index is 13.5. The second-order valence-electron chi connectivity index (χ2n) is 10.1. The van der Waals surface area contributed by atoms with E-state index in [2.05, 4.69) is 30.3 Å². The third kappa shape index (κ3) is 7.21. The van der Waals surface area contributed by atoms with Gasteiger partial charge in [-0.1, -0.05) is 10.4 Å². The summed E-state index contributed by atoms with van der Waals surface area (Å²) >= 11 is 0. The van der Waals surface area contributed by atoms with Crippen molar-refractivity contribution >= 4 is 32.4 Å². The van der Waals surface area contributed by atoms with Crippen LogP contribution in [-0.4, -0.2) is 67.3 Å². The van der Waals surface area contributed by atoms with Crippen molar-refractivity contribution in [1.29, 1.82) is 0 Å². The lowest BCUT2D eigenvalue weighted by Crippen LogP contribution is -2.37. The zero-order valence-corrected chi connectivity index (χ0v) is 25.8. The van der Waals surface area contributed by atoms with Crippen LogP contribution in [0, 0.1) is 0 Å². The van der Waals surface area contributed by atoms with Crippen LogP contribution < -0.4 is 17.0 Å². The van der Waals surface area contributed by atoms with Crippen LogP contribution in [0.4, 0.5) is 32.0 Å². The number of alkyl halides is 6. The van der Waals surface area contributed by atoms with Gasteiger partial charge in [-0.25, -0.2) is 31.9 Å². The Labute approximate surface area is 264 Å². The van der Waals surface area contributed by atoms with Crippen LogP contribution in [0.15, 0.2) is 46.2 Å². The number of nitrogens with zero attached hydrogens (tertiary/aromatic N) is 7. The first-order valence-corrected chi connectivity index (χ1v) is 15.0. The number of H-pyrrole nitrogens is 1. The fourth-order valence-electron chi connectivity index (χ4n) is 4.52. The minimum atomic E-state index is -4.79. The first-order valence-electron chi connectivity index (χ1n) is 13.0. The van der Waals surface area contributed by atoms with E-state index in [1.165, 1.54) is 25.0 Å². The molecule has 0 aliphatic carbocycles. The summed E-state index contributed by atoms with van der Waals surface area (Å²) in [6, 6.07) is 3.30. The normalized spacial score (nSPS) is 12.1. The number of rotatable bonds is 5. The van der Waals surface area contributed by atoms with Crippen LogP contribution in [-0.2, 0) is 46.9 Å². The van der Waals surface area contributed by atoms with Gasteiger partial charge in [-0.05, 0) is 24.3 Å². The lowest BCUT2D eigenvalue weighted by molar-refractivity contribution is -0.137. The molecule has 0 aliphatic rings. The maximum Gasteiger partial charge on any atom is 0.417 e. The second-order valence-corrected chi connectivity index (χ2v) is 12.2. The topological polar surface area (TPSA) is 203 Å². The third-order valence-corrected chi connectivity index (χ3v) is 7.40. The van der Waals surface area contributed by atoms with Crippen molar-refractivity contribution in [2.75, 3.05) is 19.1 Å². The number of halogens is 6. The summed E-state index contributed by atoms with van der Waals surface area (Å²) in [7, 11) is 0.190. The van der Waals surface area contributed by atoms with Crippen molar-refractivity contribution < 1.29 is 44.3 Å². The molecule has 0 amide bonds. The molecule has 5 aromatic rings. The molecule has 5 rings (SSSR count). The molecule has 3 N–H and O–H groups in total. The summed E-state index contributed by atoms with van der Waals surface area (Å²) in [6.45, 7) is 0. The molecular weight excluding hydrogens is 680 g/mol. The Kier molecular flexibility index (Phi) is 9.25. The van der Waals surface area contributed by atoms with E-state index in [1.807, 2.05) is 0 Å². The zero-order valence-electron chi connectivity index (χ0n) is 25.0. The molecular formula is C26H23F6N9O6S. The summed E-state index contributed by atoms with van der Waals surface area (Å²) < 4.78 is 110. The Morgan fingerprint density at radius 2 is 1.40 bits per heavy atom. The molecule has 0 atom stereocenters. The van der Waals surface area contributed by atoms with Crippen LogP contribution in [0.25, 0.3) is 33.4 Å². The SMILES string of the molecule is COC(=O)c1cc(-c2cnnn2C)c(C(F)(F)F)cc1N.Cn1nncc1-c1cc2c(=O)n(CS(C)(=O)=O)c(=O)[nH]c2cc1C(F)(F)F. The van der Waals surface area contributed by atoms with E-state index >= 15 is 0 Å². The molecule has 0 aliphatic heterocycles. The lowest BCUT2D eigenvalue weighted by Gasteiger charge is -2.15. The van der Waals surface area contributed by atoms with Gasteiger partial charge >= 0.3 is 24.0 Å². The highest BCUT2D eigenvalue weighted by molar-refractivity contribution is 7.89. The number of benzene rings is 2. The Hall–Kier alpha value is -5.54. The highest BCUT2D eigenvalue weighted by Gasteiger charge is 2.37. The smallest absolute Gasteiger partial charge is 0.417 e. The summed E-state index contributed by atoms with van der Waals surface area (Å²) in [4.78, 5) is 38.3. The number of aromatic amines is 1. The van der Waals surface area contributed by atoms with E-state index in [-0.39, 0.29) is 44.7 Å². The Bertz CT molecular complexity index is 2270. The van der Waals surface area contributed by atoms with Gasteiger partial charge in [-0.15, -0.1) is 10.2 Å². The first kappa shape index (κ1) is 35.3. The molecule has 0 spiro atoms. The largest absolute Gasteiger partial charge is 0.465 e. The Balaban J connectivity index is 0.000000224.